The Bertz CT molecular complexity index is 1900. The molecule has 1 aliphatic heterocycles. The molecule has 0 aliphatic carbocycles. The average Bonchev–Trinajstić information content (AvgIpc) is 2.95. The van der Waals surface area contributed by atoms with Crippen LogP contribution in [0.1, 0.15) is 58.1 Å². The highest BCUT2D eigenvalue weighted by molar-refractivity contribution is 6.37. The number of carbonyl (C=O) groups is 4. The van der Waals surface area contributed by atoms with Gasteiger partial charge in [-0.15, -0.1) is 0 Å². The van der Waals surface area contributed by atoms with Crippen LogP contribution in [0.3, 0.4) is 0 Å². The topological polar surface area (TPSA) is 181 Å². The van der Waals surface area contributed by atoms with Gasteiger partial charge in [0.25, 0.3) is 17.7 Å². The van der Waals surface area contributed by atoms with E-state index in [1.165, 1.54) is 60.7 Å². The maximum Gasteiger partial charge on any atom is 0.265 e. The average molecular weight is 510 g/mol. The van der Waals surface area contributed by atoms with Crippen LogP contribution in [0.4, 0.5) is 17.1 Å². The van der Waals surface area contributed by atoms with Gasteiger partial charge in [0, 0.05) is 38.7 Å². The van der Waals surface area contributed by atoms with Gasteiger partial charge in [0.05, 0.1) is 28.1 Å². The van der Waals surface area contributed by atoms with Crippen LogP contribution in [0.15, 0.2) is 60.7 Å². The lowest BCUT2D eigenvalue weighted by Crippen LogP contribution is -2.40. The van der Waals surface area contributed by atoms with Gasteiger partial charge in [-0.05, 0) is 54.6 Å². The number of nitrogens with one attached hydrogen (secondary N) is 1. The quantitative estimate of drug-likeness (QED) is 0.235. The van der Waals surface area contributed by atoms with E-state index < -0.39 is 17.7 Å². The van der Waals surface area contributed by atoms with Gasteiger partial charge >= 0.3 is 0 Å². The maximum atomic E-state index is 13.6. The number of nitriles is 3. The van der Waals surface area contributed by atoms with Crippen LogP contribution in [0.2, 0.25) is 0 Å². The Morgan fingerprint density at radius 1 is 0.795 bits per heavy atom. The van der Waals surface area contributed by atoms with Crippen molar-refractivity contribution in [2.45, 2.75) is 0 Å². The van der Waals surface area contributed by atoms with Crippen molar-refractivity contribution < 1.29 is 19.2 Å². The second-order valence-corrected chi connectivity index (χ2v) is 8.50. The summed E-state index contributed by atoms with van der Waals surface area (Å²) in [4.78, 5) is 53.3. The van der Waals surface area contributed by atoms with Crippen LogP contribution in [0.5, 0.6) is 0 Å². The third-order valence-electron chi connectivity index (χ3n) is 6.36. The summed E-state index contributed by atoms with van der Waals surface area (Å²) in [6, 6.07) is 19.6. The summed E-state index contributed by atoms with van der Waals surface area (Å²) in [6.07, 6.45) is 0.528. The van der Waals surface area contributed by atoms with Crippen molar-refractivity contribution in [3.05, 3.63) is 99.6 Å². The lowest BCUT2D eigenvalue weighted by molar-refractivity contribution is 0.0891. The van der Waals surface area contributed by atoms with Crippen molar-refractivity contribution in [2.75, 3.05) is 16.0 Å². The van der Waals surface area contributed by atoms with Crippen LogP contribution in [0.25, 0.3) is 10.8 Å². The van der Waals surface area contributed by atoms with Crippen molar-refractivity contribution in [3.8, 4) is 18.2 Å². The molecule has 5 rings (SSSR count). The number of aldehydes is 1. The van der Waals surface area contributed by atoms with E-state index in [1.807, 2.05) is 18.2 Å². The largest absolute Gasteiger partial charge is 0.398 e. The van der Waals surface area contributed by atoms with Crippen molar-refractivity contribution >= 4 is 51.8 Å². The Morgan fingerprint density at radius 2 is 1.44 bits per heavy atom. The molecule has 0 spiro atoms. The molecule has 0 saturated heterocycles. The highest BCUT2D eigenvalue weighted by atomic mass is 16.2. The van der Waals surface area contributed by atoms with Crippen LogP contribution >= 0.6 is 0 Å². The van der Waals surface area contributed by atoms with Gasteiger partial charge < -0.3 is 11.1 Å². The van der Waals surface area contributed by atoms with Crippen LogP contribution < -0.4 is 16.0 Å². The number of benzene rings is 4. The molecule has 184 valence electrons. The minimum Gasteiger partial charge on any atom is -0.398 e. The van der Waals surface area contributed by atoms with Crippen molar-refractivity contribution in [2.24, 2.45) is 0 Å². The monoisotopic (exact) mass is 510 g/mol. The number of anilines is 3. The fourth-order valence-electron chi connectivity index (χ4n) is 4.54. The lowest BCUT2D eigenvalue weighted by Gasteiger charge is -2.28. The summed E-state index contributed by atoms with van der Waals surface area (Å²) in [5, 5.41) is 30.6. The zero-order chi connectivity index (χ0) is 27.8. The molecule has 0 aromatic heterocycles. The van der Waals surface area contributed by atoms with Crippen LogP contribution in [0, 0.1) is 34.0 Å². The Hall–Kier alpha value is -6.31. The molecule has 1 aliphatic rings. The number of imide groups is 1. The summed E-state index contributed by atoms with van der Waals surface area (Å²) in [7, 11) is 0. The maximum absolute atomic E-state index is 13.6. The third-order valence-corrected chi connectivity index (χ3v) is 6.36. The summed E-state index contributed by atoms with van der Waals surface area (Å²) < 4.78 is 0. The van der Waals surface area contributed by atoms with E-state index in [9.17, 15) is 29.7 Å². The Morgan fingerprint density at radius 3 is 2.05 bits per heavy atom. The number of nitrogen functional groups attached to an aromatic ring is 1. The molecule has 4 aromatic rings. The van der Waals surface area contributed by atoms with Crippen molar-refractivity contribution in [3.63, 3.8) is 0 Å². The first kappa shape index (κ1) is 24.4. The van der Waals surface area contributed by atoms with Gasteiger partial charge in [0.1, 0.15) is 18.2 Å². The number of amides is 3. The van der Waals surface area contributed by atoms with Gasteiger partial charge in [-0.3, -0.25) is 19.2 Å². The summed E-state index contributed by atoms with van der Waals surface area (Å²) in [6.45, 7) is 0. The Labute approximate surface area is 220 Å². The molecule has 1 heterocycles. The fourth-order valence-corrected chi connectivity index (χ4v) is 4.54. The minimum absolute atomic E-state index is 0.00157. The molecule has 4 aromatic carbocycles. The molecular weight excluding hydrogens is 496 g/mol. The smallest absolute Gasteiger partial charge is 0.265 e. The molecule has 39 heavy (non-hydrogen) atoms. The molecule has 3 N–H and O–H groups in total. The second kappa shape index (κ2) is 9.29. The minimum atomic E-state index is -0.721. The first-order chi connectivity index (χ1) is 18.8. The van der Waals surface area contributed by atoms with Gasteiger partial charge in [-0.1, -0.05) is 6.07 Å². The van der Waals surface area contributed by atoms with E-state index in [1.54, 1.807) is 0 Å². The first-order valence-electron chi connectivity index (χ1n) is 11.3. The molecule has 0 saturated carbocycles. The molecular formula is C29H14N6O4. The molecule has 0 radical (unpaired) electrons. The van der Waals surface area contributed by atoms with E-state index >= 15 is 0 Å². The molecule has 0 fully saturated rings. The number of carbonyl (C=O) groups excluding carboxylic acids is 4. The Balaban J connectivity index is 1.64. The van der Waals surface area contributed by atoms with E-state index in [-0.39, 0.29) is 61.1 Å². The predicted octanol–water partition coefficient (Wildman–Crippen LogP) is 3.90. The van der Waals surface area contributed by atoms with Crippen LogP contribution in [-0.4, -0.2) is 24.0 Å². The SMILES string of the molecule is N#Cc1ccc(NC(=O)c2ccc3c4c(ccc(C=O)c24)C(=O)N(c2ccc(C#N)c(C#N)c2)C3=O)cc1N. The molecule has 10 heteroatoms. The zero-order valence-corrected chi connectivity index (χ0v) is 19.9. The standard InChI is InChI=1S/C29H14N6O4/c30-11-15-2-5-20(9-18(15)13-32)35-28(38)22-6-3-17(14-36)25-21(7-8-23(26(22)25)29(35)39)27(37)34-19-4-1-16(12-31)24(33)10-19/h1-10,14H,33H2,(H,34,37). The summed E-state index contributed by atoms with van der Waals surface area (Å²) >= 11 is 0. The van der Waals surface area contributed by atoms with E-state index in [2.05, 4.69) is 5.32 Å². The summed E-state index contributed by atoms with van der Waals surface area (Å²) in [5.74, 6) is -2.07. The van der Waals surface area contributed by atoms with Crippen molar-refractivity contribution in [1.29, 1.82) is 15.8 Å². The highest BCUT2D eigenvalue weighted by Gasteiger charge is 2.36. The fraction of sp³-hybridized carbons (Fsp3) is 0. The number of hydrogen-bond donors (Lipinski definition) is 2. The van der Waals surface area contributed by atoms with Gasteiger partial charge in [-0.25, -0.2) is 4.90 Å². The normalized spacial score (nSPS) is 11.9. The summed E-state index contributed by atoms with van der Waals surface area (Å²) in [5.41, 5.74) is 7.02. The van der Waals surface area contributed by atoms with E-state index in [4.69, 9.17) is 11.0 Å². The number of nitrogens with two attached hydrogens (primary N) is 1. The number of nitrogens with zero attached hydrogens (tertiary/aromatic N) is 4. The van der Waals surface area contributed by atoms with Crippen molar-refractivity contribution in [1.82, 2.24) is 0 Å². The van der Waals surface area contributed by atoms with Gasteiger partial charge in [0.15, 0.2) is 6.29 Å². The van der Waals surface area contributed by atoms with Gasteiger partial charge in [0.2, 0.25) is 0 Å². The number of rotatable bonds is 4. The first-order valence-corrected chi connectivity index (χ1v) is 11.3. The van der Waals surface area contributed by atoms with E-state index in [0.29, 0.717) is 12.0 Å². The molecule has 0 unspecified atom stereocenters. The highest BCUT2D eigenvalue weighted by Crippen LogP contribution is 2.36. The molecule has 0 bridgehead atoms. The third kappa shape index (κ3) is 3.80. The molecule has 0 atom stereocenters. The Kier molecular flexibility index (Phi) is 5.81. The number of hydrogen-bond acceptors (Lipinski definition) is 8. The predicted molar refractivity (Wildman–Crippen MR) is 140 cm³/mol. The zero-order valence-electron chi connectivity index (χ0n) is 19.9. The van der Waals surface area contributed by atoms with Gasteiger partial charge in [-0.2, -0.15) is 15.8 Å². The van der Waals surface area contributed by atoms with Crippen LogP contribution in [-0.2, 0) is 0 Å². The molecule has 10 nitrogen and oxygen atoms in total. The lowest BCUT2D eigenvalue weighted by atomic mass is 9.88. The molecule has 3 amide bonds. The second-order valence-electron chi connectivity index (χ2n) is 8.50. The van der Waals surface area contributed by atoms with E-state index in [0.717, 1.165) is 4.90 Å².